The van der Waals surface area contributed by atoms with Crippen LogP contribution < -0.4 is 15.5 Å². The van der Waals surface area contributed by atoms with E-state index in [1.165, 1.54) is 12.8 Å². The van der Waals surface area contributed by atoms with Gasteiger partial charge in [-0.3, -0.25) is 4.90 Å². The van der Waals surface area contributed by atoms with Crippen molar-refractivity contribution in [2.45, 2.75) is 25.8 Å². The normalized spacial score (nSPS) is 21.7. The van der Waals surface area contributed by atoms with Crippen molar-refractivity contribution in [3.05, 3.63) is 6.07 Å². The average molecular weight is 334 g/mol. The standard InChI is InChI=1S/C17H30N6O/c1-13(22-8-10-24-11-9-22)14-4-6-23(7-5-14)16-12-15(18)19-17(20-16)21(2)3/h12-14H,4-11H2,1-3H3,(H2,18,19,20)/t13-/m0/s1. The van der Waals surface area contributed by atoms with E-state index in [-0.39, 0.29) is 0 Å². The summed E-state index contributed by atoms with van der Waals surface area (Å²) in [5, 5.41) is 0. The lowest BCUT2D eigenvalue weighted by molar-refractivity contribution is 0.00448. The molecule has 2 fully saturated rings. The molecule has 0 aromatic carbocycles. The highest BCUT2D eigenvalue weighted by molar-refractivity contribution is 5.52. The maximum Gasteiger partial charge on any atom is 0.228 e. The van der Waals surface area contributed by atoms with Gasteiger partial charge in [-0.05, 0) is 25.7 Å². The largest absolute Gasteiger partial charge is 0.383 e. The molecule has 7 nitrogen and oxygen atoms in total. The Bertz CT molecular complexity index is 538. The number of hydrogen-bond donors (Lipinski definition) is 1. The van der Waals surface area contributed by atoms with Crippen molar-refractivity contribution in [1.82, 2.24) is 14.9 Å². The van der Waals surface area contributed by atoms with Crippen molar-refractivity contribution in [2.75, 3.05) is 69.0 Å². The summed E-state index contributed by atoms with van der Waals surface area (Å²) in [5.74, 6) is 2.90. The monoisotopic (exact) mass is 334 g/mol. The first-order valence-corrected chi connectivity index (χ1v) is 8.93. The second kappa shape index (κ2) is 7.53. The highest BCUT2D eigenvalue weighted by Crippen LogP contribution is 2.28. The van der Waals surface area contributed by atoms with Gasteiger partial charge in [0.2, 0.25) is 5.95 Å². The lowest BCUT2D eigenvalue weighted by Gasteiger charge is -2.41. The van der Waals surface area contributed by atoms with Crippen LogP contribution in [-0.2, 0) is 4.74 Å². The molecule has 2 aliphatic rings. The first-order valence-electron chi connectivity index (χ1n) is 8.93. The van der Waals surface area contributed by atoms with Crippen LogP contribution in [0.4, 0.5) is 17.6 Å². The van der Waals surface area contributed by atoms with Crippen molar-refractivity contribution >= 4 is 17.6 Å². The number of aromatic nitrogens is 2. The first kappa shape index (κ1) is 17.2. The van der Waals surface area contributed by atoms with Gasteiger partial charge in [-0.25, -0.2) is 0 Å². The first-order chi connectivity index (χ1) is 11.5. The van der Waals surface area contributed by atoms with Crippen molar-refractivity contribution in [3.8, 4) is 0 Å². The summed E-state index contributed by atoms with van der Waals surface area (Å²) in [6, 6.07) is 2.52. The molecule has 24 heavy (non-hydrogen) atoms. The molecule has 0 radical (unpaired) electrons. The van der Waals surface area contributed by atoms with E-state index >= 15 is 0 Å². The molecule has 0 bridgehead atoms. The summed E-state index contributed by atoms with van der Waals surface area (Å²) in [6.07, 6.45) is 2.39. The minimum atomic E-state index is 0.535. The molecule has 2 saturated heterocycles. The van der Waals surface area contributed by atoms with Crippen LogP contribution in [0, 0.1) is 5.92 Å². The third kappa shape index (κ3) is 3.89. The summed E-state index contributed by atoms with van der Waals surface area (Å²) in [5.41, 5.74) is 5.95. The van der Waals surface area contributed by atoms with Gasteiger partial charge in [0.25, 0.3) is 0 Å². The van der Waals surface area contributed by atoms with Crippen molar-refractivity contribution < 1.29 is 4.74 Å². The Kier molecular flexibility index (Phi) is 5.40. The van der Waals surface area contributed by atoms with Crippen molar-refractivity contribution in [1.29, 1.82) is 0 Å². The topological polar surface area (TPSA) is 70.8 Å². The lowest BCUT2D eigenvalue weighted by atomic mass is 9.89. The van der Waals surface area contributed by atoms with Gasteiger partial charge in [0.15, 0.2) is 0 Å². The van der Waals surface area contributed by atoms with Gasteiger partial charge in [0.1, 0.15) is 11.6 Å². The van der Waals surface area contributed by atoms with Crippen molar-refractivity contribution in [3.63, 3.8) is 0 Å². The van der Waals surface area contributed by atoms with Crippen LogP contribution in [0.2, 0.25) is 0 Å². The fourth-order valence-corrected chi connectivity index (χ4v) is 3.70. The molecule has 1 aromatic rings. The lowest BCUT2D eigenvalue weighted by Crippen LogP contribution is -2.48. The minimum absolute atomic E-state index is 0.535. The van der Waals surface area contributed by atoms with Gasteiger partial charge in [-0.1, -0.05) is 0 Å². The number of anilines is 3. The second-order valence-electron chi connectivity index (χ2n) is 7.06. The van der Waals surface area contributed by atoms with E-state index in [1.807, 2.05) is 25.1 Å². The molecule has 0 spiro atoms. The zero-order valence-corrected chi connectivity index (χ0v) is 15.1. The summed E-state index contributed by atoms with van der Waals surface area (Å²) < 4.78 is 5.47. The van der Waals surface area contributed by atoms with Crippen LogP contribution in [-0.4, -0.2) is 74.4 Å². The maximum atomic E-state index is 5.95. The van der Waals surface area contributed by atoms with E-state index in [4.69, 9.17) is 10.5 Å². The third-order valence-corrected chi connectivity index (χ3v) is 5.29. The van der Waals surface area contributed by atoms with E-state index < -0.39 is 0 Å². The van der Waals surface area contributed by atoms with Gasteiger partial charge >= 0.3 is 0 Å². The van der Waals surface area contributed by atoms with Crippen LogP contribution >= 0.6 is 0 Å². The third-order valence-electron chi connectivity index (χ3n) is 5.29. The number of ether oxygens (including phenoxy) is 1. The molecule has 1 aromatic heterocycles. The van der Waals surface area contributed by atoms with Gasteiger partial charge in [-0.2, -0.15) is 9.97 Å². The van der Waals surface area contributed by atoms with E-state index in [0.717, 1.165) is 51.1 Å². The van der Waals surface area contributed by atoms with E-state index in [2.05, 4.69) is 26.7 Å². The Labute approximate surface area is 144 Å². The summed E-state index contributed by atoms with van der Waals surface area (Å²) >= 11 is 0. The number of morpholine rings is 1. The Morgan fingerprint density at radius 2 is 1.83 bits per heavy atom. The van der Waals surface area contributed by atoms with Gasteiger partial charge < -0.3 is 20.3 Å². The van der Waals surface area contributed by atoms with Gasteiger partial charge in [-0.15, -0.1) is 0 Å². The molecule has 1 atom stereocenters. The molecule has 0 unspecified atom stereocenters. The van der Waals surface area contributed by atoms with Crippen LogP contribution in [0.5, 0.6) is 0 Å². The predicted octanol–water partition coefficient (Wildman–Crippen LogP) is 1.06. The van der Waals surface area contributed by atoms with Crippen LogP contribution in [0.3, 0.4) is 0 Å². The Morgan fingerprint density at radius 3 is 2.46 bits per heavy atom. The van der Waals surface area contributed by atoms with Gasteiger partial charge in [0.05, 0.1) is 13.2 Å². The smallest absolute Gasteiger partial charge is 0.228 e. The molecular weight excluding hydrogens is 304 g/mol. The highest BCUT2D eigenvalue weighted by atomic mass is 16.5. The Hall–Kier alpha value is -1.60. The average Bonchev–Trinajstić information content (AvgIpc) is 2.61. The molecule has 0 saturated carbocycles. The van der Waals surface area contributed by atoms with Gasteiger partial charge in [0, 0.05) is 52.4 Å². The molecule has 2 aliphatic heterocycles. The number of nitrogens with zero attached hydrogens (tertiary/aromatic N) is 5. The number of hydrogen-bond acceptors (Lipinski definition) is 7. The quantitative estimate of drug-likeness (QED) is 0.883. The number of rotatable bonds is 4. The van der Waals surface area contributed by atoms with Crippen LogP contribution in [0.1, 0.15) is 19.8 Å². The minimum Gasteiger partial charge on any atom is -0.383 e. The second-order valence-corrected chi connectivity index (χ2v) is 7.06. The molecule has 0 aliphatic carbocycles. The fraction of sp³-hybridized carbons (Fsp3) is 0.765. The number of nitrogens with two attached hydrogens (primary N) is 1. The fourth-order valence-electron chi connectivity index (χ4n) is 3.70. The Balaban J connectivity index is 1.60. The predicted molar refractivity (Wildman–Crippen MR) is 97.6 cm³/mol. The van der Waals surface area contributed by atoms with E-state index in [0.29, 0.717) is 17.8 Å². The summed E-state index contributed by atoms with van der Waals surface area (Å²) in [7, 11) is 3.88. The Morgan fingerprint density at radius 1 is 1.17 bits per heavy atom. The highest BCUT2D eigenvalue weighted by Gasteiger charge is 2.29. The zero-order valence-electron chi connectivity index (χ0n) is 15.1. The SMILES string of the molecule is C[C@@H](C1CCN(c2cc(N)nc(N(C)C)n2)CC1)N1CCOCC1. The summed E-state index contributed by atoms with van der Waals surface area (Å²) in [4.78, 5) is 15.7. The summed E-state index contributed by atoms with van der Waals surface area (Å²) in [6.45, 7) is 8.31. The molecule has 3 heterocycles. The maximum absolute atomic E-state index is 5.95. The number of nitrogen functional groups attached to an aromatic ring is 1. The van der Waals surface area contributed by atoms with Crippen LogP contribution in [0.25, 0.3) is 0 Å². The molecule has 7 heteroatoms. The van der Waals surface area contributed by atoms with Crippen molar-refractivity contribution in [2.24, 2.45) is 5.92 Å². The van der Waals surface area contributed by atoms with E-state index in [9.17, 15) is 0 Å². The molecule has 134 valence electrons. The van der Waals surface area contributed by atoms with Crippen LogP contribution in [0.15, 0.2) is 6.07 Å². The molecule has 3 rings (SSSR count). The molecular formula is C17H30N6O. The van der Waals surface area contributed by atoms with E-state index in [1.54, 1.807) is 0 Å². The number of piperidine rings is 1. The zero-order chi connectivity index (χ0) is 17.1. The molecule has 2 N–H and O–H groups in total. The molecule has 0 amide bonds.